The van der Waals surface area contributed by atoms with Crippen LogP contribution in [-0.2, 0) is 25.1 Å². The highest BCUT2D eigenvalue weighted by Gasteiger charge is 2.14. The van der Waals surface area contributed by atoms with E-state index in [1.165, 1.54) is 6.92 Å². The summed E-state index contributed by atoms with van der Waals surface area (Å²) < 4.78 is 28.4. The zero-order valence-electron chi connectivity index (χ0n) is 6.23. The molecular weight excluding hydrogens is 172 g/mol. The van der Waals surface area contributed by atoms with Crippen LogP contribution in [0.5, 0.6) is 0 Å². The Hall–Kier alpha value is -0.460. The molecule has 11 heavy (non-hydrogen) atoms. The lowest BCUT2D eigenvalue weighted by Gasteiger charge is -2.11. The first-order valence-electron chi connectivity index (χ1n) is 3.01. The molecule has 0 heterocycles. The number of hydrogen-bond acceptors (Lipinski definition) is 5. The van der Waals surface area contributed by atoms with Gasteiger partial charge in [-0.05, 0) is 13.8 Å². The molecule has 0 N–H and O–H groups in total. The molecule has 5 nitrogen and oxygen atoms in total. The minimum Gasteiger partial charge on any atom is -0.750 e. The van der Waals surface area contributed by atoms with Crippen LogP contribution in [0.4, 0.5) is 0 Å². The van der Waals surface area contributed by atoms with E-state index >= 15 is 0 Å². The van der Waals surface area contributed by atoms with Crippen LogP contribution in [-0.4, -0.2) is 27.4 Å². The molecule has 0 aromatic carbocycles. The van der Waals surface area contributed by atoms with Crippen LogP contribution < -0.4 is 0 Å². The highest BCUT2D eigenvalue weighted by Crippen LogP contribution is 1.95. The van der Waals surface area contributed by atoms with Gasteiger partial charge in [-0.15, -0.1) is 0 Å². The Balaban J connectivity index is 3.73. The molecule has 0 bridgehead atoms. The third-order valence-electron chi connectivity index (χ3n) is 0.841. The fourth-order valence-electron chi connectivity index (χ4n) is 0.417. The van der Waals surface area contributed by atoms with E-state index in [9.17, 15) is 13.6 Å². The quantitative estimate of drug-likeness (QED) is 0.441. The fourth-order valence-corrected chi connectivity index (χ4v) is 0.731. The number of rotatable bonds is 4. The molecule has 0 radical (unpaired) electrons. The van der Waals surface area contributed by atoms with Crippen LogP contribution in [0, 0.1) is 0 Å². The second-order valence-electron chi connectivity index (χ2n) is 1.69. The molecule has 0 saturated heterocycles. The SMILES string of the molecule is CCOC(=O)C(C)OS(=O)[O-]. The summed E-state index contributed by atoms with van der Waals surface area (Å²) in [6.07, 6.45) is -1.06. The molecular formula is C5H9O5S-. The van der Waals surface area contributed by atoms with E-state index in [0.717, 1.165) is 0 Å². The van der Waals surface area contributed by atoms with Gasteiger partial charge in [0.1, 0.15) is 0 Å². The van der Waals surface area contributed by atoms with Crippen molar-refractivity contribution in [3.8, 4) is 0 Å². The zero-order valence-corrected chi connectivity index (χ0v) is 7.05. The van der Waals surface area contributed by atoms with Crippen LogP contribution in [0.1, 0.15) is 13.8 Å². The predicted octanol–water partition coefficient (Wildman–Crippen LogP) is -0.251. The molecule has 0 aliphatic carbocycles. The van der Waals surface area contributed by atoms with Gasteiger partial charge in [0.2, 0.25) is 0 Å². The largest absolute Gasteiger partial charge is 0.750 e. The minimum atomic E-state index is -2.67. The molecule has 0 fully saturated rings. The van der Waals surface area contributed by atoms with Crippen molar-refractivity contribution in [2.75, 3.05) is 6.61 Å². The second kappa shape index (κ2) is 5.22. The van der Waals surface area contributed by atoms with Crippen LogP contribution in [0.25, 0.3) is 0 Å². The van der Waals surface area contributed by atoms with Gasteiger partial charge in [-0.25, -0.2) is 9.00 Å². The Kier molecular flexibility index (Phi) is 5.01. The highest BCUT2D eigenvalue weighted by atomic mass is 32.2. The van der Waals surface area contributed by atoms with Crippen LogP contribution in [0.15, 0.2) is 0 Å². The number of esters is 1. The summed E-state index contributed by atoms with van der Waals surface area (Å²) in [4.78, 5) is 10.7. The van der Waals surface area contributed by atoms with Gasteiger partial charge in [0, 0.05) is 0 Å². The Morgan fingerprint density at radius 1 is 1.73 bits per heavy atom. The first-order valence-corrected chi connectivity index (χ1v) is 4.01. The van der Waals surface area contributed by atoms with Crippen molar-refractivity contribution in [1.82, 2.24) is 0 Å². The van der Waals surface area contributed by atoms with Gasteiger partial charge in [-0.3, -0.25) is 4.18 Å². The van der Waals surface area contributed by atoms with Crippen LogP contribution in [0.3, 0.4) is 0 Å². The molecule has 0 aromatic heterocycles. The average Bonchev–Trinajstić information content (AvgIpc) is 1.86. The maximum absolute atomic E-state index is 10.7. The summed E-state index contributed by atoms with van der Waals surface area (Å²) in [5, 5.41) is 0. The topological polar surface area (TPSA) is 75.7 Å². The Morgan fingerprint density at radius 3 is 2.64 bits per heavy atom. The van der Waals surface area contributed by atoms with Crippen molar-refractivity contribution in [3.05, 3.63) is 0 Å². The Bertz CT molecular complexity index is 157. The molecule has 0 aliphatic rings. The second-order valence-corrected chi connectivity index (χ2v) is 2.30. The van der Waals surface area contributed by atoms with Gasteiger partial charge in [-0.1, -0.05) is 0 Å². The van der Waals surface area contributed by atoms with E-state index in [1.54, 1.807) is 6.92 Å². The smallest absolute Gasteiger partial charge is 0.336 e. The summed E-state index contributed by atoms with van der Waals surface area (Å²) in [6.45, 7) is 3.13. The van der Waals surface area contributed by atoms with E-state index in [0.29, 0.717) is 0 Å². The number of hydrogen-bond donors (Lipinski definition) is 0. The molecule has 0 aliphatic heterocycles. The predicted molar refractivity (Wildman–Crippen MR) is 36.1 cm³/mol. The molecule has 0 saturated carbocycles. The molecule has 0 spiro atoms. The third kappa shape index (κ3) is 4.88. The fraction of sp³-hybridized carbons (Fsp3) is 0.800. The lowest BCUT2D eigenvalue weighted by Crippen LogP contribution is -2.23. The summed E-state index contributed by atoms with van der Waals surface area (Å²) in [7, 11) is 0. The number of carbonyl (C=O) groups is 1. The van der Waals surface area contributed by atoms with E-state index < -0.39 is 23.4 Å². The highest BCUT2D eigenvalue weighted by molar-refractivity contribution is 7.74. The van der Waals surface area contributed by atoms with Gasteiger partial charge in [0.15, 0.2) is 6.10 Å². The lowest BCUT2D eigenvalue weighted by atomic mass is 10.4. The Morgan fingerprint density at radius 2 is 2.27 bits per heavy atom. The Labute approximate surface area is 67.2 Å². The van der Waals surface area contributed by atoms with E-state index in [4.69, 9.17) is 0 Å². The molecule has 0 rings (SSSR count). The number of ether oxygens (including phenoxy) is 1. The van der Waals surface area contributed by atoms with Crippen molar-refractivity contribution in [2.24, 2.45) is 0 Å². The summed E-state index contributed by atoms with van der Waals surface area (Å²) in [5.41, 5.74) is 0. The molecule has 0 amide bonds. The monoisotopic (exact) mass is 181 g/mol. The van der Waals surface area contributed by atoms with Gasteiger partial charge in [-0.2, -0.15) is 0 Å². The minimum absolute atomic E-state index is 0.206. The van der Waals surface area contributed by atoms with Crippen molar-refractivity contribution < 1.29 is 22.5 Å². The lowest BCUT2D eigenvalue weighted by molar-refractivity contribution is -0.150. The van der Waals surface area contributed by atoms with Gasteiger partial charge in [0.25, 0.3) is 0 Å². The van der Waals surface area contributed by atoms with E-state index in [-0.39, 0.29) is 6.61 Å². The molecule has 0 aromatic rings. The zero-order chi connectivity index (χ0) is 8.85. The maximum Gasteiger partial charge on any atom is 0.336 e. The summed E-state index contributed by atoms with van der Waals surface area (Å²) in [5.74, 6) is -0.684. The standard InChI is InChI=1S/C5H10O5S/c1-3-9-5(6)4(2)10-11(7)8/h4H,3H2,1-2H3,(H,7,8)/p-1. The normalized spacial score (nSPS) is 15.5. The first-order chi connectivity index (χ1) is 5.07. The van der Waals surface area contributed by atoms with E-state index in [2.05, 4.69) is 8.92 Å². The summed E-state index contributed by atoms with van der Waals surface area (Å²) >= 11 is -2.67. The van der Waals surface area contributed by atoms with Crippen molar-refractivity contribution in [1.29, 1.82) is 0 Å². The van der Waals surface area contributed by atoms with Crippen molar-refractivity contribution >= 4 is 17.3 Å². The average molecular weight is 181 g/mol. The van der Waals surface area contributed by atoms with Crippen molar-refractivity contribution in [2.45, 2.75) is 20.0 Å². The van der Waals surface area contributed by atoms with Gasteiger partial charge >= 0.3 is 5.97 Å². The van der Waals surface area contributed by atoms with Gasteiger partial charge < -0.3 is 9.29 Å². The van der Waals surface area contributed by atoms with Crippen LogP contribution >= 0.6 is 0 Å². The van der Waals surface area contributed by atoms with Gasteiger partial charge in [0.05, 0.1) is 18.0 Å². The number of carbonyl (C=O) groups excluding carboxylic acids is 1. The summed E-state index contributed by atoms with van der Waals surface area (Å²) in [6, 6.07) is 0. The molecule has 2 unspecified atom stereocenters. The molecule has 66 valence electrons. The van der Waals surface area contributed by atoms with E-state index in [1.807, 2.05) is 0 Å². The maximum atomic E-state index is 10.7. The van der Waals surface area contributed by atoms with Crippen LogP contribution in [0.2, 0.25) is 0 Å². The molecule has 6 heteroatoms. The van der Waals surface area contributed by atoms with Crippen molar-refractivity contribution in [3.63, 3.8) is 0 Å². The first kappa shape index (κ1) is 10.5. The third-order valence-corrected chi connectivity index (χ3v) is 1.29. The molecule has 2 atom stereocenters.